The van der Waals surface area contributed by atoms with Crippen molar-refractivity contribution in [3.05, 3.63) is 53.3 Å². The van der Waals surface area contributed by atoms with E-state index in [4.69, 9.17) is 0 Å². The molecule has 0 bridgehead atoms. The molecular formula is C19H22Br4N2O2. The molecule has 8 heteroatoms. The Bertz CT molecular complexity index is 736. The Morgan fingerprint density at radius 2 is 1.07 bits per heavy atom. The quantitative estimate of drug-likeness (QED) is 0.371. The van der Waals surface area contributed by atoms with E-state index in [0.29, 0.717) is 22.0 Å². The van der Waals surface area contributed by atoms with Crippen LogP contribution >= 0.6 is 63.7 Å². The number of phenolic OH excluding ortho intramolecular Hbond substituents is 2. The molecule has 0 unspecified atom stereocenters. The third kappa shape index (κ3) is 7.01. The van der Waals surface area contributed by atoms with Gasteiger partial charge in [0.15, 0.2) is 0 Å². The Labute approximate surface area is 194 Å². The van der Waals surface area contributed by atoms with Gasteiger partial charge in [-0.15, -0.1) is 0 Å². The summed E-state index contributed by atoms with van der Waals surface area (Å²) in [5.41, 5.74) is 1.77. The maximum Gasteiger partial charge on any atom is 0.134 e. The minimum absolute atomic E-state index is 0.290. The van der Waals surface area contributed by atoms with E-state index in [1.54, 1.807) is 0 Å². The molecule has 0 aromatic heterocycles. The first-order chi connectivity index (χ1) is 12.7. The van der Waals surface area contributed by atoms with E-state index in [2.05, 4.69) is 73.5 Å². The lowest BCUT2D eigenvalue weighted by Gasteiger charge is -2.21. The molecule has 0 spiro atoms. The van der Waals surface area contributed by atoms with Gasteiger partial charge < -0.3 is 20.0 Å². The SMILES string of the molecule is CN(CCCN(C)Cc1cc(Br)cc(Br)c1O)Cc1cc(Br)cc(Br)c1O. The van der Waals surface area contributed by atoms with Crippen molar-refractivity contribution in [3.63, 3.8) is 0 Å². The number of benzene rings is 2. The van der Waals surface area contributed by atoms with Crippen LogP contribution in [-0.4, -0.2) is 47.2 Å². The van der Waals surface area contributed by atoms with Gasteiger partial charge in [-0.1, -0.05) is 31.9 Å². The summed E-state index contributed by atoms with van der Waals surface area (Å²) in [4.78, 5) is 4.38. The van der Waals surface area contributed by atoms with Gasteiger partial charge in [-0.05, 0) is 89.7 Å². The molecule has 0 aliphatic heterocycles. The molecule has 148 valence electrons. The lowest BCUT2D eigenvalue weighted by Crippen LogP contribution is -2.25. The van der Waals surface area contributed by atoms with Crippen LogP contribution in [0.2, 0.25) is 0 Å². The van der Waals surface area contributed by atoms with Crippen molar-refractivity contribution < 1.29 is 10.2 Å². The zero-order valence-corrected chi connectivity index (χ0v) is 21.5. The van der Waals surface area contributed by atoms with Crippen molar-refractivity contribution in [2.45, 2.75) is 19.5 Å². The molecule has 0 aliphatic carbocycles. The van der Waals surface area contributed by atoms with Crippen LogP contribution in [0.15, 0.2) is 42.2 Å². The second kappa shape index (κ2) is 10.6. The van der Waals surface area contributed by atoms with Gasteiger partial charge in [0.05, 0.1) is 8.95 Å². The minimum atomic E-state index is 0.290. The van der Waals surface area contributed by atoms with Crippen LogP contribution in [0.1, 0.15) is 17.5 Å². The van der Waals surface area contributed by atoms with E-state index in [9.17, 15) is 10.2 Å². The smallest absolute Gasteiger partial charge is 0.134 e. The number of hydrogen-bond acceptors (Lipinski definition) is 4. The highest BCUT2D eigenvalue weighted by molar-refractivity contribution is 9.11. The Morgan fingerprint density at radius 1 is 0.704 bits per heavy atom. The van der Waals surface area contributed by atoms with Crippen LogP contribution in [0.25, 0.3) is 0 Å². The molecule has 27 heavy (non-hydrogen) atoms. The molecule has 0 fully saturated rings. The molecule has 2 aromatic rings. The molecule has 0 aliphatic rings. The molecule has 0 saturated heterocycles. The van der Waals surface area contributed by atoms with Gasteiger partial charge in [-0.25, -0.2) is 0 Å². The van der Waals surface area contributed by atoms with E-state index >= 15 is 0 Å². The predicted molar refractivity (Wildman–Crippen MR) is 124 cm³/mol. The Kier molecular flexibility index (Phi) is 9.09. The van der Waals surface area contributed by atoms with Gasteiger partial charge in [0.1, 0.15) is 11.5 Å². The van der Waals surface area contributed by atoms with Crippen molar-refractivity contribution in [2.75, 3.05) is 27.2 Å². The topological polar surface area (TPSA) is 46.9 Å². The predicted octanol–water partition coefficient (Wildman–Crippen LogP) is 6.10. The van der Waals surface area contributed by atoms with Gasteiger partial charge in [0.2, 0.25) is 0 Å². The third-order valence-corrected chi connectivity index (χ3v) is 6.30. The fourth-order valence-electron chi connectivity index (χ4n) is 2.83. The number of halogens is 4. The fraction of sp³-hybridized carbons (Fsp3) is 0.368. The first-order valence-corrected chi connectivity index (χ1v) is 11.6. The lowest BCUT2D eigenvalue weighted by atomic mass is 10.2. The molecule has 4 nitrogen and oxygen atoms in total. The highest BCUT2D eigenvalue weighted by atomic mass is 79.9. The Hall–Kier alpha value is -0.120. The first-order valence-electron chi connectivity index (χ1n) is 8.38. The molecule has 0 heterocycles. The van der Waals surface area contributed by atoms with E-state index in [1.807, 2.05) is 38.4 Å². The molecule has 0 saturated carbocycles. The van der Waals surface area contributed by atoms with Crippen LogP contribution in [0.4, 0.5) is 0 Å². The summed E-state index contributed by atoms with van der Waals surface area (Å²) in [5, 5.41) is 20.4. The van der Waals surface area contributed by atoms with Crippen molar-refractivity contribution >= 4 is 63.7 Å². The number of phenols is 2. The van der Waals surface area contributed by atoms with Crippen molar-refractivity contribution in [2.24, 2.45) is 0 Å². The maximum absolute atomic E-state index is 10.2. The molecule has 2 rings (SSSR count). The summed E-state index contributed by atoms with van der Waals surface area (Å²) in [6, 6.07) is 7.56. The number of aromatic hydroxyl groups is 2. The Balaban J connectivity index is 1.84. The normalized spacial score (nSPS) is 11.6. The summed E-state index contributed by atoms with van der Waals surface area (Å²) in [5.74, 6) is 0.579. The van der Waals surface area contributed by atoms with Crippen LogP contribution in [0.5, 0.6) is 11.5 Å². The molecule has 0 atom stereocenters. The maximum atomic E-state index is 10.2. The van der Waals surface area contributed by atoms with Crippen LogP contribution in [0.3, 0.4) is 0 Å². The largest absolute Gasteiger partial charge is 0.506 e. The van der Waals surface area contributed by atoms with E-state index in [-0.39, 0.29) is 11.5 Å². The van der Waals surface area contributed by atoms with Crippen molar-refractivity contribution in [1.82, 2.24) is 9.80 Å². The zero-order chi connectivity index (χ0) is 20.1. The minimum Gasteiger partial charge on any atom is -0.506 e. The zero-order valence-electron chi connectivity index (χ0n) is 15.1. The summed E-state index contributed by atoms with van der Waals surface area (Å²) >= 11 is 13.7. The average molecular weight is 630 g/mol. The Morgan fingerprint density at radius 3 is 1.44 bits per heavy atom. The second-order valence-corrected chi connectivity index (χ2v) is 10.2. The monoisotopic (exact) mass is 626 g/mol. The first kappa shape index (κ1) is 23.2. The van der Waals surface area contributed by atoms with Crippen LogP contribution in [0, 0.1) is 0 Å². The van der Waals surface area contributed by atoms with Crippen molar-refractivity contribution in [1.29, 1.82) is 0 Å². The van der Waals surface area contributed by atoms with Gasteiger partial charge in [-0.2, -0.15) is 0 Å². The summed E-state index contributed by atoms with van der Waals surface area (Å²) in [7, 11) is 4.09. The molecule has 0 amide bonds. The fourth-order valence-corrected chi connectivity index (χ4v) is 5.46. The van der Waals surface area contributed by atoms with E-state index in [1.165, 1.54) is 0 Å². The molecule has 0 radical (unpaired) electrons. The summed E-state index contributed by atoms with van der Waals surface area (Å²) < 4.78 is 3.27. The number of hydrogen-bond donors (Lipinski definition) is 2. The molecular weight excluding hydrogens is 608 g/mol. The summed E-state index contributed by atoms with van der Waals surface area (Å²) in [6.07, 6.45) is 0.985. The summed E-state index contributed by atoms with van der Waals surface area (Å²) in [6.45, 7) is 3.16. The van der Waals surface area contributed by atoms with Crippen LogP contribution < -0.4 is 0 Å². The molecule has 2 N–H and O–H groups in total. The van der Waals surface area contributed by atoms with Crippen molar-refractivity contribution in [3.8, 4) is 11.5 Å². The average Bonchev–Trinajstić information content (AvgIpc) is 2.56. The third-order valence-electron chi connectivity index (χ3n) is 4.17. The molecule has 2 aromatic carbocycles. The van der Waals surface area contributed by atoms with E-state index < -0.39 is 0 Å². The standard InChI is InChI=1S/C19H22Br4N2O2/c1-24(10-12-6-14(20)8-16(22)18(12)26)4-3-5-25(2)11-13-7-15(21)9-17(23)19(13)27/h6-9,26-27H,3-5,10-11H2,1-2H3. The van der Waals surface area contributed by atoms with E-state index in [0.717, 1.165) is 39.6 Å². The lowest BCUT2D eigenvalue weighted by molar-refractivity contribution is 0.266. The highest BCUT2D eigenvalue weighted by Crippen LogP contribution is 2.33. The van der Waals surface area contributed by atoms with Crippen LogP contribution in [-0.2, 0) is 13.1 Å². The van der Waals surface area contributed by atoms with Gasteiger partial charge in [-0.3, -0.25) is 0 Å². The highest BCUT2D eigenvalue weighted by Gasteiger charge is 2.12. The van der Waals surface area contributed by atoms with Gasteiger partial charge in [0, 0.05) is 33.2 Å². The second-order valence-electron chi connectivity index (χ2n) is 6.62. The number of rotatable bonds is 8. The van der Waals surface area contributed by atoms with Gasteiger partial charge in [0.25, 0.3) is 0 Å². The van der Waals surface area contributed by atoms with Gasteiger partial charge >= 0.3 is 0 Å². The number of nitrogens with zero attached hydrogens (tertiary/aromatic N) is 2.